The minimum atomic E-state index is 0.224. The van der Waals surface area contributed by atoms with Gasteiger partial charge in [0.25, 0.3) is 0 Å². The summed E-state index contributed by atoms with van der Waals surface area (Å²) in [6.07, 6.45) is 5.61. The van der Waals surface area contributed by atoms with E-state index in [4.69, 9.17) is 5.73 Å². The highest BCUT2D eigenvalue weighted by atomic mass is 32.1. The van der Waals surface area contributed by atoms with E-state index in [1.807, 2.05) is 11.3 Å². The van der Waals surface area contributed by atoms with Gasteiger partial charge in [0.15, 0.2) is 0 Å². The second-order valence-corrected chi connectivity index (χ2v) is 7.09. The molecule has 2 atom stereocenters. The Balaban J connectivity index is 1.84. The molecule has 18 heavy (non-hydrogen) atoms. The molecule has 0 amide bonds. The highest BCUT2D eigenvalue weighted by molar-refractivity contribution is 7.10. The van der Waals surface area contributed by atoms with E-state index in [0.29, 0.717) is 6.04 Å². The molecule has 1 heterocycles. The number of nitrogens with two attached hydrogens (primary N) is 1. The van der Waals surface area contributed by atoms with Crippen LogP contribution < -0.4 is 5.73 Å². The van der Waals surface area contributed by atoms with E-state index in [1.54, 1.807) is 0 Å². The first kappa shape index (κ1) is 12.6. The predicted octanol–water partition coefficient (Wildman–Crippen LogP) is 3.32. The van der Waals surface area contributed by atoms with E-state index < -0.39 is 0 Å². The Morgan fingerprint density at radius 1 is 1.39 bits per heavy atom. The molecule has 1 aromatic heterocycles. The van der Waals surface area contributed by atoms with Crippen molar-refractivity contribution < 1.29 is 0 Å². The lowest BCUT2D eigenvalue weighted by Crippen LogP contribution is -2.41. The van der Waals surface area contributed by atoms with Gasteiger partial charge in [-0.3, -0.25) is 4.90 Å². The summed E-state index contributed by atoms with van der Waals surface area (Å²) in [5.41, 5.74) is 7.74. The van der Waals surface area contributed by atoms with Crippen LogP contribution in [0, 0.1) is 12.8 Å². The maximum absolute atomic E-state index is 6.32. The van der Waals surface area contributed by atoms with Gasteiger partial charge in [0.2, 0.25) is 0 Å². The van der Waals surface area contributed by atoms with Gasteiger partial charge in [0.05, 0.1) is 6.04 Å². The average molecular weight is 264 g/mol. The van der Waals surface area contributed by atoms with Crippen molar-refractivity contribution in [3.63, 3.8) is 0 Å². The minimum absolute atomic E-state index is 0.224. The van der Waals surface area contributed by atoms with Crippen LogP contribution in [0.25, 0.3) is 0 Å². The van der Waals surface area contributed by atoms with E-state index >= 15 is 0 Å². The van der Waals surface area contributed by atoms with Crippen molar-refractivity contribution in [2.75, 3.05) is 6.54 Å². The summed E-state index contributed by atoms with van der Waals surface area (Å²) in [6.45, 7) is 5.67. The molecule has 0 saturated heterocycles. The predicted molar refractivity (Wildman–Crippen MR) is 77.9 cm³/mol. The first-order valence-corrected chi connectivity index (χ1v) is 8.10. The Morgan fingerprint density at radius 2 is 2.11 bits per heavy atom. The first-order valence-electron chi connectivity index (χ1n) is 7.22. The largest absolute Gasteiger partial charge is 0.326 e. The van der Waals surface area contributed by atoms with Crippen molar-refractivity contribution in [3.8, 4) is 0 Å². The number of hydrogen-bond acceptors (Lipinski definition) is 3. The molecule has 3 rings (SSSR count). The number of rotatable bonds is 6. The maximum Gasteiger partial charge on any atom is 0.0595 e. The molecule has 0 aromatic carbocycles. The van der Waals surface area contributed by atoms with Gasteiger partial charge in [0.1, 0.15) is 0 Å². The van der Waals surface area contributed by atoms with Gasteiger partial charge in [-0.2, -0.15) is 0 Å². The number of hydrogen-bond donors (Lipinski definition) is 1. The van der Waals surface area contributed by atoms with Crippen molar-refractivity contribution in [1.82, 2.24) is 4.90 Å². The van der Waals surface area contributed by atoms with Crippen LogP contribution >= 0.6 is 11.3 Å². The molecule has 2 saturated carbocycles. The zero-order chi connectivity index (χ0) is 12.7. The molecular weight excluding hydrogens is 240 g/mol. The quantitative estimate of drug-likeness (QED) is 0.854. The van der Waals surface area contributed by atoms with Crippen molar-refractivity contribution in [1.29, 1.82) is 0 Å². The molecule has 0 radical (unpaired) electrons. The van der Waals surface area contributed by atoms with Gasteiger partial charge in [-0.25, -0.2) is 0 Å². The van der Waals surface area contributed by atoms with Gasteiger partial charge in [-0.05, 0) is 62.5 Å². The first-order chi connectivity index (χ1) is 8.66. The Bertz CT molecular complexity index is 404. The van der Waals surface area contributed by atoms with E-state index in [2.05, 4.69) is 30.2 Å². The third-order valence-electron chi connectivity index (χ3n) is 4.21. The van der Waals surface area contributed by atoms with Gasteiger partial charge >= 0.3 is 0 Å². The zero-order valence-corrected chi connectivity index (χ0v) is 12.2. The summed E-state index contributed by atoms with van der Waals surface area (Å²) in [7, 11) is 0. The Hall–Kier alpha value is -0.380. The minimum Gasteiger partial charge on any atom is -0.326 e. The number of nitrogens with zero attached hydrogens (tertiary/aromatic N) is 1. The van der Waals surface area contributed by atoms with E-state index in [0.717, 1.165) is 12.0 Å². The molecular formula is C15H24N2S. The van der Waals surface area contributed by atoms with E-state index in [9.17, 15) is 0 Å². The Kier molecular flexibility index (Phi) is 3.48. The third-order valence-corrected chi connectivity index (χ3v) is 5.30. The summed E-state index contributed by atoms with van der Waals surface area (Å²) in [6, 6.07) is 3.71. The Labute approximate surface area is 114 Å². The topological polar surface area (TPSA) is 29.3 Å². The van der Waals surface area contributed by atoms with Crippen molar-refractivity contribution >= 4 is 11.3 Å². The lowest BCUT2D eigenvalue weighted by atomic mass is 10.0. The van der Waals surface area contributed by atoms with E-state index in [1.165, 1.54) is 42.7 Å². The van der Waals surface area contributed by atoms with Crippen LogP contribution in [0.2, 0.25) is 0 Å². The standard InChI is InChI=1S/C15H24N2S/c1-10-7-8-18-15(10)14(11(2)16)17(13-5-6-13)9-12-3-4-12/h7-8,11-14H,3-6,9,16H2,1-2H3. The zero-order valence-electron chi connectivity index (χ0n) is 11.4. The molecule has 2 aliphatic carbocycles. The van der Waals surface area contributed by atoms with Crippen LogP contribution in [0.4, 0.5) is 0 Å². The fourth-order valence-electron chi connectivity index (χ4n) is 2.87. The fourth-order valence-corrected chi connectivity index (χ4v) is 4.04. The van der Waals surface area contributed by atoms with Crippen molar-refractivity contribution in [2.45, 2.75) is 57.7 Å². The molecule has 0 aliphatic heterocycles. The molecule has 100 valence electrons. The molecule has 2 fully saturated rings. The summed E-state index contributed by atoms with van der Waals surface area (Å²) in [5, 5.41) is 2.21. The highest BCUT2D eigenvalue weighted by Crippen LogP contribution is 2.42. The molecule has 3 heteroatoms. The van der Waals surface area contributed by atoms with Gasteiger partial charge < -0.3 is 5.73 Å². The summed E-state index contributed by atoms with van der Waals surface area (Å²) in [5.74, 6) is 0.951. The monoisotopic (exact) mass is 264 g/mol. The maximum atomic E-state index is 6.32. The molecule has 2 N–H and O–H groups in total. The van der Waals surface area contributed by atoms with Crippen LogP contribution in [0.15, 0.2) is 11.4 Å². The van der Waals surface area contributed by atoms with Crippen molar-refractivity contribution in [3.05, 3.63) is 21.9 Å². The molecule has 0 bridgehead atoms. The average Bonchev–Trinajstić information content (AvgIpc) is 3.21. The van der Waals surface area contributed by atoms with Gasteiger partial charge in [0, 0.05) is 23.5 Å². The van der Waals surface area contributed by atoms with Gasteiger partial charge in [-0.15, -0.1) is 11.3 Å². The second-order valence-electron chi connectivity index (χ2n) is 6.14. The smallest absolute Gasteiger partial charge is 0.0595 e. The van der Waals surface area contributed by atoms with Crippen LogP contribution in [-0.4, -0.2) is 23.5 Å². The van der Waals surface area contributed by atoms with Crippen LogP contribution in [0.1, 0.15) is 49.1 Å². The highest BCUT2D eigenvalue weighted by Gasteiger charge is 2.39. The number of thiophene rings is 1. The lowest BCUT2D eigenvalue weighted by molar-refractivity contribution is 0.161. The van der Waals surface area contributed by atoms with Crippen molar-refractivity contribution in [2.24, 2.45) is 11.7 Å². The summed E-state index contributed by atoms with van der Waals surface area (Å²) in [4.78, 5) is 4.22. The van der Waals surface area contributed by atoms with Crippen LogP contribution in [-0.2, 0) is 0 Å². The Morgan fingerprint density at radius 3 is 2.56 bits per heavy atom. The summed E-state index contributed by atoms with van der Waals surface area (Å²) < 4.78 is 0. The van der Waals surface area contributed by atoms with E-state index in [-0.39, 0.29) is 6.04 Å². The number of aryl methyl sites for hydroxylation is 1. The molecule has 2 nitrogen and oxygen atoms in total. The SMILES string of the molecule is Cc1ccsc1C(C(C)N)N(CC1CC1)C1CC1. The third kappa shape index (κ3) is 2.63. The lowest BCUT2D eigenvalue weighted by Gasteiger charge is -2.34. The second kappa shape index (κ2) is 4.95. The normalized spacial score (nSPS) is 23.3. The molecule has 1 aromatic rings. The van der Waals surface area contributed by atoms with Crippen LogP contribution in [0.5, 0.6) is 0 Å². The molecule has 2 unspecified atom stereocenters. The molecule has 2 aliphatic rings. The fraction of sp³-hybridized carbons (Fsp3) is 0.733. The summed E-state index contributed by atoms with van der Waals surface area (Å²) >= 11 is 1.89. The van der Waals surface area contributed by atoms with Gasteiger partial charge in [-0.1, -0.05) is 0 Å². The molecule has 0 spiro atoms. The van der Waals surface area contributed by atoms with Crippen LogP contribution in [0.3, 0.4) is 0 Å².